The molecule has 70 valence electrons. The molecule has 1 aromatic heterocycles. The van der Waals surface area contributed by atoms with Crippen molar-refractivity contribution in [3.63, 3.8) is 0 Å². The molecular weight excluding hydrogens is 277 g/mol. The zero-order valence-electron chi connectivity index (χ0n) is 7.70. The van der Waals surface area contributed by atoms with E-state index in [1.54, 1.807) is 13.0 Å². The number of ketones is 1. The number of hydrogen-bond donors (Lipinski definition) is 0. The molecule has 3 heteroatoms. The first-order valence-electron chi connectivity index (χ1n) is 3.83. The molecule has 0 aliphatic carbocycles. The van der Waals surface area contributed by atoms with Gasteiger partial charge in [-0.1, -0.05) is 0 Å². The largest absolute Gasteiger partial charge is 1.00 e. The van der Waals surface area contributed by atoms with Crippen LogP contribution in [0.15, 0.2) is 30.5 Å². The van der Waals surface area contributed by atoms with Crippen molar-refractivity contribution in [2.24, 2.45) is 7.05 Å². The summed E-state index contributed by atoms with van der Waals surface area (Å²) in [5.41, 5.74) is 1.02. The lowest BCUT2D eigenvalue weighted by Gasteiger charge is -1.90. The van der Waals surface area contributed by atoms with Crippen LogP contribution in [-0.4, -0.2) is 5.78 Å². The Hall–Kier alpha value is -0.710. The fourth-order valence-electron chi connectivity index (χ4n) is 0.912. The van der Waals surface area contributed by atoms with Gasteiger partial charge in [0.15, 0.2) is 12.0 Å². The van der Waals surface area contributed by atoms with Crippen molar-refractivity contribution in [2.75, 3.05) is 0 Å². The number of halogens is 1. The zero-order chi connectivity index (χ0) is 8.97. The van der Waals surface area contributed by atoms with Crippen LogP contribution in [0.25, 0.3) is 6.08 Å². The van der Waals surface area contributed by atoms with Crippen LogP contribution in [0.2, 0.25) is 0 Å². The molecule has 0 spiro atoms. The van der Waals surface area contributed by atoms with Crippen LogP contribution >= 0.6 is 0 Å². The quantitative estimate of drug-likeness (QED) is 0.355. The van der Waals surface area contributed by atoms with E-state index in [1.807, 2.05) is 42.1 Å². The first kappa shape index (κ1) is 12.3. The number of aromatic nitrogens is 1. The average Bonchev–Trinajstić information content (AvgIpc) is 2.03. The highest BCUT2D eigenvalue weighted by atomic mass is 127. The highest BCUT2D eigenvalue weighted by molar-refractivity contribution is 5.91. The predicted molar refractivity (Wildman–Crippen MR) is 47.3 cm³/mol. The third-order valence-electron chi connectivity index (χ3n) is 1.58. The highest BCUT2D eigenvalue weighted by Gasteiger charge is 1.98. The summed E-state index contributed by atoms with van der Waals surface area (Å²) in [6.07, 6.45) is 5.32. The van der Waals surface area contributed by atoms with E-state index in [9.17, 15) is 4.79 Å². The molecule has 2 nitrogen and oxygen atoms in total. The lowest BCUT2D eigenvalue weighted by atomic mass is 10.3. The molecule has 13 heavy (non-hydrogen) atoms. The predicted octanol–water partition coefficient (Wildman–Crippen LogP) is -1.88. The van der Waals surface area contributed by atoms with Gasteiger partial charge in [0.1, 0.15) is 7.05 Å². The summed E-state index contributed by atoms with van der Waals surface area (Å²) in [6, 6.07) is 5.85. The minimum atomic E-state index is 0. The molecule has 0 radical (unpaired) electrons. The summed E-state index contributed by atoms with van der Waals surface area (Å²) >= 11 is 0. The second-order valence-corrected chi connectivity index (χ2v) is 2.68. The number of carbonyl (C=O) groups excluding carboxylic acids is 1. The molecule has 0 aliphatic heterocycles. The molecule has 0 saturated heterocycles. The topological polar surface area (TPSA) is 20.9 Å². The lowest BCUT2D eigenvalue weighted by molar-refractivity contribution is -0.673. The maximum atomic E-state index is 10.6. The Labute approximate surface area is 95.3 Å². The van der Waals surface area contributed by atoms with Crippen molar-refractivity contribution >= 4 is 11.9 Å². The number of allylic oxidation sites excluding steroid dienone is 1. The van der Waals surface area contributed by atoms with Crippen molar-refractivity contribution in [1.82, 2.24) is 0 Å². The van der Waals surface area contributed by atoms with Gasteiger partial charge in [0.05, 0.1) is 0 Å². The normalized spacial score (nSPS) is 9.69. The SMILES string of the molecule is CC(=O)/C=C/c1cccc[n+]1C.[I-]. The van der Waals surface area contributed by atoms with Gasteiger partial charge in [0, 0.05) is 18.2 Å². The summed E-state index contributed by atoms with van der Waals surface area (Å²) < 4.78 is 1.96. The number of nitrogens with zero attached hydrogens (tertiary/aromatic N) is 1. The van der Waals surface area contributed by atoms with Crippen molar-refractivity contribution in [2.45, 2.75) is 6.92 Å². The number of aryl methyl sites for hydroxylation is 1. The van der Waals surface area contributed by atoms with Crippen LogP contribution in [0.1, 0.15) is 12.6 Å². The molecule has 0 saturated carbocycles. The molecule has 0 amide bonds. The number of rotatable bonds is 2. The minimum Gasteiger partial charge on any atom is -1.00 e. The van der Waals surface area contributed by atoms with Crippen molar-refractivity contribution in [1.29, 1.82) is 0 Å². The van der Waals surface area contributed by atoms with E-state index in [1.165, 1.54) is 0 Å². The summed E-state index contributed by atoms with van der Waals surface area (Å²) in [5.74, 6) is 0.0684. The van der Waals surface area contributed by atoms with Gasteiger partial charge < -0.3 is 24.0 Å². The molecule has 0 N–H and O–H groups in total. The number of pyridine rings is 1. The fourth-order valence-corrected chi connectivity index (χ4v) is 0.912. The Morgan fingerprint density at radius 2 is 2.15 bits per heavy atom. The smallest absolute Gasteiger partial charge is 0.205 e. The van der Waals surface area contributed by atoms with Crippen LogP contribution < -0.4 is 28.5 Å². The van der Waals surface area contributed by atoms with E-state index in [2.05, 4.69) is 0 Å². The first-order chi connectivity index (χ1) is 5.70. The van der Waals surface area contributed by atoms with E-state index in [-0.39, 0.29) is 29.8 Å². The fraction of sp³-hybridized carbons (Fsp3) is 0.200. The summed E-state index contributed by atoms with van der Waals surface area (Å²) in [5, 5.41) is 0. The summed E-state index contributed by atoms with van der Waals surface area (Å²) in [4.78, 5) is 10.6. The maximum absolute atomic E-state index is 10.6. The van der Waals surface area contributed by atoms with Gasteiger partial charge in [-0.15, -0.1) is 0 Å². The summed E-state index contributed by atoms with van der Waals surface area (Å²) in [7, 11) is 1.94. The van der Waals surface area contributed by atoms with E-state index in [0.717, 1.165) is 5.69 Å². The molecule has 0 bridgehead atoms. The molecule has 0 aliphatic rings. The molecule has 0 atom stereocenters. The Kier molecular flexibility index (Phi) is 5.53. The average molecular weight is 289 g/mol. The Morgan fingerprint density at radius 1 is 1.46 bits per heavy atom. The van der Waals surface area contributed by atoms with Crippen LogP contribution in [-0.2, 0) is 11.8 Å². The van der Waals surface area contributed by atoms with Gasteiger partial charge in [-0.05, 0) is 19.1 Å². The van der Waals surface area contributed by atoms with Crippen LogP contribution in [0.5, 0.6) is 0 Å². The van der Waals surface area contributed by atoms with Crippen molar-refractivity contribution in [3.8, 4) is 0 Å². The Morgan fingerprint density at radius 3 is 2.69 bits per heavy atom. The monoisotopic (exact) mass is 289 g/mol. The second kappa shape index (κ2) is 5.85. The molecular formula is C10H12INO. The molecule has 0 unspecified atom stereocenters. The molecule has 1 aromatic rings. The lowest BCUT2D eigenvalue weighted by Crippen LogP contribution is -3.00. The third kappa shape index (κ3) is 4.17. The van der Waals surface area contributed by atoms with Gasteiger partial charge in [-0.25, -0.2) is 4.57 Å². The number of carbonyl (C=O) groups is 1. The van der Waals surface area contributed by atoms with E-state index < -0.39 is 0 Å². The zero-order valence-corrected chi connectivity index (χ0v) is 9.86. The Balaban J connectivity index is 0.00000144. The van der Waals surface area contributed by atoms with Gasteiger partial charge in [0.2, 0.25) is 5.69 Å². The van der Waals surface area contributed by atoms with Gasteiger partial charge in [-0.2, -0.15) is 0 Å². The van der Waals surface area contributed by atoms with Crippen LogP contribution in [0, 0.1) is 0 Å². The molecule has 0 fully saturated rings. The maximum Gasteiger partial charge on any atom is 0.205 e. The van der Waals surface area contributed by atoms with Crippen LogP contribution in [0.4, 0.5) is 0 Å². The minimum absolute atomic E-state index is 0. The molecule has 1 rings (SSSR count). The van der Waals surface area contributed by atoms with Crippen molar-refractivity contribution in [3.05, 3.63) is 36.2 Å². The third-order valence-corrected chi connectivity index (χ3v) is 1.58. The Bertz CT molecular complexity index is 320. The summed E-state index contributed by atoms with van der Waals surface area (Å²) in [6.45, 7) is 1.54. The van der Waals surface area contributed by atoms with Gasteiger partial charge >= 0.3 is 0 Å². The molecule has 0 aromatic carbocycles. The number of hydrogen-bond acceptors (Lipinski definition) is 1. The van der Waals surface area contributed by atoms with E-state index in [0.29, 0.717) is 0 Å². The van der Waals surface area contributed by atoms with Crippen LogP contribution in [0.3, 0.4) is 0 Å². The second-order valence-electron chi connectivity index (χ2n) is 2.68. The van der Waals surface area contributed by atoms with E-state index >= 15 is 0 Å². The molecule has 1 heterocycles. The van der Waals surface area contributed by atoms with Gasteiger partial charge in [0.25, 0.3) is 0 Å². The van der Waals surface area contributed by atoms with Gasteiger partial charge in [-0.3, -0.25) is 4.79 Å². The van der Waals surface area contributed by atoms with Crippen molar-refractivity contribution < 1.29 is 33.3 Å². The van der Waals surface area contributed by atoms with E-state index in [4.69, 9.17) is 0 Å². The highest BCUT2D eigenvalue weighted by Crippen LogP contribution is 1.93. The standard InChI is InChI=1S/C10H12NO.HI/c1-9(12)6-7-10-5-3-4-8-11(10)2;/h3-8H,1-2H3;1H/q+1;/p-1/b7-6+;. The first-order valence-corrected chi connectivity index (χ1v) is 3.83.